The number of hydrogen-bond donors (Lipinski definition) is 0. The molecular weight excluding hydrogens is 115 g/mol. The van der Waals surface area contributed by atoms with Crippen LogP contribution in [-0.4, -0.2) is 30.1 Å². The standard InChI is InChI=1S/2CH4O2.Al/c2*1-3-2;/h2*2H,1H3;/q;;+2/p-2. The third-order valence-corrected chi connectivity index (χ3v) is 0.813. The molecule has 0 aliphatic heterocycles. The van der Waals surface area contributed by atoms with Gasteiger partial charge in [0.15, 0.2) is 0 Å². The highest BCUT2D eigenvalue weighted by Crippen LogP contribution is 1.70. The first-order valence-corrected chi connectivity index (χ1v) is 2.56. The Morgan fingerprint density at radius 1 is 1.00 bits per heavy atom. The van der Waals surface area contributed by atoms with E-state index in [1.54, 1.807) is 0 Å². The van der Waals surface area contributed by atoms with Crippen LogP contribution in [0.1, 0.15) is 0 Å². The van der Waals surface area contributed by atoms with Crippen LogP contribution in [0.5, 0.6) is 0 Å². The van der Waals surface area contributed by atoms with Crippen LogP contribution in [0.15, 0.2) is 0 Å². The smallest absolute Gasteiger partial charge is 0.334 e. The highest BCUT2D eigenvalue weighted by atomic mass is 27.2. The summed E-state index contributed by atoms with van der Waals surface area (Å²) in [7, 11) is 2.82. The molecule has 4 nitrogen and oxygen atoms in total. The van der Waals surface area contributed by atoms with Crippen molar-refractivity contribution >= 4 is 15.9 Å². The fourth-order valence-corrected chi connectivity index (χ4v) is 0.284. The molecular formula is C2H6AlO4. The zero-order valence-electron chi connectivity index (χ0n) is 4.21. The maximum Gasteiger partial charge on any atom is 0.732 e. The third kappa shape index (κ3) is 6.37. The van der Waals surface area contributed by atoms with Crippen molar-refractivity contribution in [2.24, 2.45) is 0 Å². The van der Waals surface area contributed by atoms with Gasteiger partial charge in [-0.05, 0) is 0 Å². The van der Waals surface area contributed by atoms with Crippen molar-refractivity contribution in [3.8, 4) is 0 Å². The topological polar surface area (TPSA) is 36.9 Å². The zero-order valence-corrected chi connectivity index (χ0v) is 5.37. The predicted molar refractivity (Wildman–Crippen MR) is 21.9 cm³/mol. The average molecular weight is 121 g/mol. The minimum absolute atomic E-state index is 0.623. The second kappa shape index (κ2) is 6.37. The Balaban J connectivity index is 2.45. The SMILES string of the molecule is CO[O][Al][O]OC. The van der Waals surface area contributed by atoms with E-state index in [9.17, 15) is 0 Å². The van der Waals surface area contributed by atoms with Gasteiger partial charge >= 0.3 is 15.9 Å². The molecule has 0 unspecified atom stereocenters. The van der Waals surface area contributed by atoms with Crippen molar-refractivity contribution in [2.45, 2.75) is 0 Å². The van der Waals surface area contributed by atoms with Gasteiger partial charge in [0.1, 0.15) is 0 Å². The molecule has 0 aromatic rings. The van der Waals surface area contributed by atoms with E-state index in [4.69, 9.17) is 0 Å². The molecule has 7 heavy (non-hydrogen) atoms. The van der Waals surface area contributed by atoms with Crippen molar-refractivity contribution in [2.75, 3.05) is 14.2 Å². The second-order valence-corrected chi connectivity index (χ2v) is 1.20. The summed E-state index contributed by atoms with van der Waals surface area (Å²) in [4.78, 5) is 8.35. The molecule has 0 N–H and O–H groups in total. The Bertz CT molecular complexity index is 28.9. The minimum Gasteiger partial charge on any atom is -0.334 e. The Morgan fingerprint density at radius 2 is 1.43 bits per heavy atom. The van der Waals surface area contributed by atoms with Gasteiger partial charge in [-0.1, -0.05) is 0 Å². The van der Waals surface area contributed by atoms with Crippen LogP contribution in [0, 0.1) is 0 Å². The van der Waals surface area contributed by atoms with Crippen LogP contribution in [0.4, 0.5) is 0 Å². The molecule has 0 aliphatic rings. The highest BCUT2D eigenvalue weighted by molar-refractivity contribution is 6.16. The van der Waals surface area contributed by atoms with Crippen LogP contribution in [-0.2, 0) is 17.7 Å². The second-order valence-electron chi connectivity index (χ2n) is 0.622. The number of hydrogen-bond acceptors (Lipinski definition) is 4. The normalized spacial score (nSPS) is 8.86. The first-order chi connectivity index (χ1) is 3.41. The largest absolute Gasteiger partial charge is 0.732 e. The summed E-state index contributed by atoms with van der Waals surface area (Å²) in [5.41, 5.74) is 0. The van der Waals surface area contributed by atoms with Crippen LogP contribution >= 0.6 is 0 Å². The lowest BCUT2D eigenvalue weighted by Crippen LogP contribution is -2.01. The van der Waals surface area contributed by atoms with Crippen LogP contribution in [0.2, 0.25) is 0 Å². The van der Waals surface area contributed by atoms with E-state index in [1.807, 2.05) is 0 Å². The van der Waals surface area contributed by atoms with Gasteiger partial charge in [0.25, 0.3) is 0 Å². The lowest BCUT2D eigenvalue weighted by atomic mass is 11.8. The zero-order chi connectivity index (χ0) is 5.54. The van der Waals surface area contributed by atoms with Gasteiger partial charge in [0.05, 0.1) is 14.2 Å². The molecule has 0 saturated carbocycles. The van der Waals surface area contributed by atoms with Crippen molar-refractivity contribution in [3.63, 3.8) is 0 Å². The Labute approximate surface area is 48.5 Å². The molecule has 0 atom stereocenters. The van der Waals surface area contributed by atoms with Gasteiger partial charge in [-0.15, -0.1) is 0 Å². The van der Waals surface area contributed by atoms with E-state index in [0.29, 0.717) is 0 Å². The van der Waals surface area contributed by atoms with Gasteiger partial charge in [0, 0.05) is 0 Å². The maximum atomic E-state index is 4.31. The van der Waals surface area contributed by atoms with Gasteiger partial charge in [0.2, 0.25) is 0 Å². The molecule has 1 radical (unpaired) electrons. The monoisotopic (exact) mass is 121 g/mol. The number of rotatable bonds is 4. The maximum absolute atomic E-state index is 4.31. The summed E-state index contributed by atoms with van der Waals surface area (Å²) >= 11 is -0.623. The van der Waals surface area contributed by atoms with Crippen molar-refractivity contribution in [1.29, 1.82) is 0 Å². The summed E-state index contributed by atoms with van der Waals surface area (Å²) in [6.45, 7) is 0. The summed E-state index contributed by atoms with van der Waals surface area (Å²) < 4.78 is 8.62. The van der Waals surface area contributed by atoms with Crippen molar-refractivity contribution in [1.82, 2.24) is 0 Å². The molecule has 0 rings (SSSR count). The molecule has 0 amide bonds. The van der Waals surface area contributed by atoms with E-state index in [2.05, 4.69) is 17.7 Å². The molecule has 41 valence electrons. The molecule has 0 aliphatic carbocycles. The molecule has 0 spiro atoms. The predicted octanol–water partition coefficient (Wildman–Crippen LogP) is -0.323. The van der Waals surface area contributed by atoms with E-state index in [1.165, 1.54) is 14.2 Å². The van der Waals surface area contributed by atoms with E-state index < -0.39 is 15.9 Å². The molecule has 0 saturated heterocycles. The van der Waals surface area contributed by atoms with Gasteiger partial charge in [-0.2, -0.15) is 0 Å². The first kappa shape index (κ1) is 7.37. The minimum atomic E-state index is -0.623. The van der Waals surface area contributed by atoms with Crippen molar-refractivity contribution < 1.29 is 17.7 Å². The Hall–Kier alpha value is 0.372. The van der Waals surface area contributed by atoms with Crippen LogP contribution in [0.3, 0.4) is 0 Å². The average Bonchev–Trinajstić information content (AvgIpc) is 1.69. The summed E-state index contributed by atoms with van der Waals surface area (Å²) in [5, 5.41) is 0. The molecule has 0 heterocycles. The molecule has 0 bridgehead atoms. The Kier molecular flexibility index (Phi) is 6.71. The molecule has 0 aromatic heterocycles. The summed E-state index contributed by atoms with van der Waals surface area (Å²) in [5.74, 6) is 0. The van der Waals surface area contributed by atoms with Crippen molar-refractivity contribution in [3.05, 3.63) is 0 Å². The van der Waals surface area contributed by atoms with Gasteiger partial charge < -0.3 is 7.88 Å². The summed E-state index contributed by atoms with van der Waals surface area (Å²) in [6, 6.07) is 0. The van der Waals surface area contributed by atoms with E-state index in [0.717, 1.165) is 0 Å². The third-order valence-electron chi connectivity index (χ3n) is 0.271. The van der Waals surface area contributed by atoms with Crippen LogP contribution < -0.4 is 0 Å². The first-order valence-electron chi connectivity index (χ1n) is 1.62. The molecule has 5 heteroatoms. The van der Waals surface area contributed by atoms with Gasteiger partial charge in [-0.3, -0.25) is 9.78 Å². The Morgan fingerprint density at radius 3 is 1.71 bits per heavy atom. The van der Waals surface area contributed by atoms with E-state index >= 15 is 0 Å². The summed E-state index contributed by atoms with van der Waals surface area (Å²) in [6.07, 6.45) is 0. The molecule has 0 aromatic carbocycles. The van der Waals surface area contributed by atoms with E-state index in [-0.39, 0.29) is 0 Å². The fraction of sp³-hybridized carbons (Fsp3) is 1.00. The lowest BCUT2D eigenvalue weighted by Gasteiger charge is -1.94. The highest BCUT2D eigenvalue weighted by Gasteiger charge is 1.94. The fourth-order valence-electron chi connectivity index (χ4n) is 0.0946. The van der Waals surface area contributed by atoms with Crippen LogP contribution in [0.25, 0.3) is 0 Å². The quantitative estimate of drug-likeness (QED) is 0.221. The molecule has 0 fully saturated rings. The van der Waals surface area contributed by atoms with Gasteiger partial charge in [-0.25, -0.2) is 0 Å². The lowest BCUT2D eigenvalue weighted by molar-refractivity contribution is -0.248.